The minimum Gasteiger partial charge on any atom is -0.481 e. The van der Waals surface area contributed by atoms with Crippen molar-refractivity contribution in [1.82, 2.24) is 9.21 Å². The first-order valence-corrected chi connectivity index (χ1v) is 9.08. The van der Waals surface area contributed by atoms with Gasteiger partial charge in [-0.1, -0.05) is 0 Å². The number of piperidine rings is 1. The Morgan fingerprint density at radius 2 is 1.76 bits per heavy atom. The van der Waals surface area contributed by atoms with Crippen molar-refractivity contribution >= 4 is 21.9 Å². The third kappa shape index (κ3) is 4.16. The summed E-state index contributed by atoms with van der Waals surface area (Å²) in [4.78, 5) is 24.8. The van der Waals surface area contributed by atoms with Gasteiger partial charge in [-0.25, -0.2) is 12.7 Å². The molecule has 2 aliphatic rings. The molecule has 8 heteroatoms. The first-order chi connectivity index (χ1) is 9.77. The number of likely N-dealkylation sites (tertiary alicyclic amines) is 1. The van der Waals surface area contributed by atoms with Crippen LogP contribution >= 0.6 is 0 Å². The lowest BCUT2D eigenvalue weighted by molar-refractivity contribution is -0.139. The minimum atomic E-state index is -3.17. The fourth-order valence-corrected chi connectivity index (χ4v) is 4.01. The zero-order valence-electron chi connectivity index (χ0n) is 12.2. The topological polar surface area (TPSA) is 95.0 Å². The second-order valence-electron chi connectivity index (χ2n) is 5.97. The Morgan fingerprint density at radius 1 is 1.14 bits per heavy atom. The first kappa shape index (κ1) is 16.2. The van der Waals surface area contributed by atoms with Crippen molar-refractivity contribution in [3.8, 4) is 0 Å². The van der Waals surface area contributed by atoms with E-state index in [0.29, 0.717) is 39.0 Å². The summed E-state index contributed by atoms with van der Waals surface area (Å²) in [6, 6.07) is 0. The van der Waals surface area contributed by atoms with Gasteiger partial charge in [-0.05, 0) is 25.2 Å². The van der Waals surface area contributed by atoms with Gasteiger partial charge in [0.1, 0.15) is 0 Å². The Bertz CT molecular complexity index is 511. The van der Waals surface area contributed by atoms with Gasteiger partial charge < -0.3 is 10.0 Å². The van der Waals surface area contributed by atoms with Gasteiger partial charge in [0, 0.05) is 38.5 Å². The van der Waals surface area contributed by atoms with Gasteiger partial charge in [-0.15, -0.1) is 0 Å². The monoisotopic (exact) mass is 318 g/mol. The molecular formula is C13H22N2O5S. The van der Waals surface area contributed by atoms with Crippen LogP contribution < -0.4 is 0 Å². The molecule has 0 aliphatic carbocycles. The van der Waals surface area contributed by atoms with E-state index in [2.05, 4.69) is 0 Å². The number of carbonyl (C=O) groups excluding carboxylic acids is 1. The van der Waals surface area contributed by atoms with Crippen molar-refractivity contribution in [2.75, 3.05) is 32.4 Å². The normalized spacial score (nSPS) is 25.2. The zero-order chi connectivity index (χ0) is 15.6. The fraction of sp³-hybridized carbons (Fsp3) is 0.846. The van der Waals surface area contributed by atoms with E-state index in [-0.39, 0.29) is 24.2 Å². The SMILES string of the molecule is CS(=O)(=O)N1CCC(C(=O)N2CCC(CC(=O)O)C2)CC1. The molecule has 0 radical (unpaired) electrons. The molecule has 120 valence electrons. The summed E-state index contributed by atoms with van der Waals surface area (Å²) in [6.07, 6.45) is 3.13. The van der Waals surface area contributed by atoms with Crippen LogP contribution in [0.15, 0.2) is 0 Å². The van der Waals surface area contributed by atoms with Crippen LogP contribution in [0.25, 0.3) is 0 Å². The van der Waals surface area contributed by atoms with Crippen molar-refractivity contribution in [1.29, 1.82) is 0 Å². The molecule has 1 N–H and O–H groups in total. The van der Waals surface area contributed by atoms with Crippen LogP contribution in [0.4, 0.5) is 0 Å². The smallest absolute Gasteiger partial charge is 0.303 e. The van der Waals surface area contributed by atoms with E-state index >= 15 is 0 Å². The van der Waals surface area contributed by atoms with E-state index in [1.807, 2.05) is 0 Å². The molecule has 2 rings (SSSR count). The molecule has 0 saturated carbocycles. The van der Waals surface area contributed by atoms with E-state index in [1.165, 1.54) is 10.6 Å². The number of amides is 1. The lowest BCUT2D eigenvalue weighted by Crippen LogP contribution is -2.43. The summed E-state index contributed by atoms with van der Waals surface area (Å²) in [6.45, 7) is 1.91. The van der Waals surface area contributed by atoms with E-state index in [1.54, 1.807) is 4.90 Å². The highest BCUT2D eigenvalue weighted by Crippen LogP contribution is 2.26. The third-order valence-corrected chi connectivity index (χ3v) is 5.64. The largest absolute Gasteiger partial charge is 0.481 e. The van der Waals surface area contributed by atoms with Crippen molar-refractivity contribution < 1.29 is 23.1 Å². The predicted molar refractivity (Wildman–Crippen MR) is 76.1 cm³/mol. The molecule has 2 fully saturated rings. The number of carbonyl (C=O) groups is 2. The van der Waals surface area contributed by atoms with Crippen LogP contribution in [-0.4, -0.2) is 67.0 Å². The summed E-state index contributed by atoms with van der Waals surface area (Å²) < 4.78 is 24.3. The van der Waals surface area contributed by atoms with Gasteiger partial charge >= 0.3 is 5.97 Å². The van der Waals surface area contributed by atoms with Crippen molar-refractivity contribution in [2.45, 2.75) is 25.7 Å². The Labute approximate surface area is 125 Å². The highest BCUT2D eigenvalue weighted by molar-refractivity contribution is 7.88. The molecule has 0 bridgehead atoms. The van der Waals surface area contributed by atoms with Gasteiger partial charge in [0.25, 0.3) is 0 Å². The van der Waals surface area contributed by atoms with Crippen LogP contribution in [0, 0.1) is 11.8 Å². The van der Waals surface area contributed by atoms with Crippen LogP contribution in [0.2, 0.25) is 0 Å². The van der Waals surface area contributed by atoms with E-state index in [4.69, 9.17) is 5.11 Å². The maximum atomic E-state index is 12.4. The maximum absolute atomic E-state index is 12.4. The quantitative estimate of drug-likeness (QED) is 0.786. The standard InChI is InChI=1S/C13H22N2O5S/c1-21(19,20)15-6-3-11(4-7-15)13(18)14-5-2-10(9-14)8-12(16)17/h10-11H,2-9H2,1H3,(H,16,17). The molecule has 2 heterocycles. The molecule has 0 spiro atoms. The zero-order valence-corrected chi connectivity index (χ0v) is 13.0. The molecule has 21 heavy (non-hydrogen) atoms. The molecule has 2 saturated heterocycles. The summed E-state index contributed by atoms with van der Waals surface area (Å²) in [5.41, 5.74) is 0. The van der Waals surface area contributed by atoms with E-state index < -0.39 is 16.0 Å². The van der Waals surface area contributed by atoms with Crippen molar-refractivity contribution in [2.24, 2.45) is 11.8 Å². The van der Waals surface area contributed by atoms with Crippen LogP contribution in [0.1, 0.15) is 25.7 Å². The first-order valence-electron chi connectivity index (χ1n) is 7.23. The Kier molecular flexibility index (Phi) is 4.88. The molecule has 1 atom stereocenters. The average molecular weight is 318 g/mol. The lowest BCUT2D eigenvalue weighted by Gasteiger charge is -2.31. The lowest BCUT2D eigenvalue weighted by atomic mass is 9.96. The second kappa shape index (κ2) is 6.31. The van der Waals surface area contributed by atoms with Crippen LogP contribution in [0.5, 0.6) is 0 Å². The third-order valence-electron chi connectivity index (χ3n) is 4.33. The number of sulfonamides is 1. The summed E-state index contributed by atoms with van der Waals surface area (Å²) >= 11 is 0. The van der Waals surface area contributed by atoms with E-state index in [9.17, 15) is 18.0 Å². The summed E-state index contributed by atoms with van der Waals surface area (Å²) in [7, 11) is -3.17. The molecule has 1 unspecified atom stereocenters. The number of carboxylic acids is 1. The molecule has 7 nitrogen and oxygen atoms in total. The highest BCUT2D eigenvalue weighted by atomic mass is 32.2. The van der Waals surface area contributed by atoms with Crippen LogP contribution in [-0.2, 0) is 19.6 Å². The Hall–Kier alpha value is -1.15. The van der Waals surface area contributed by atoms with Gasteiger partial charge in [-0.3, -0.25) is 9.59 Å². The average Bonchev–Trinajstić information content (AvgIpc) is 2.84. The minimum absolute atomic E-state index is 0.0440. The van der Waals surface area contributed by atoms with Gasteiger partial charge in [0.05, 0.1) is 6.26 Å². The predicted octanol–water partition coefficient (Wildman–Crippen LogP) is -0.0188. The number of hydrogen-bond acceptors (Lipinski definition) is 4. The molecule has 1 amide bonds. The highest BCUT2D eigenvalue weighted by Gasteiger charge is 2.34. The number of aliphatic carboxylic acids is 1. The van der Waals surface area contributed by atoms with Gasteiger partial charge in [0.2, 0.25) is 15.9 Å². The molecule has 0 aromatic carbocycles. The summed E-state index contributed by atoms with van der Waals surface area (Å²) in [5.74, 6) is -0.860. The Balaban J connectivity index is 1.84. The molecule has 2 aliphatic heterocycles. The van der Waals surface area contributed by atoms with Crippen molar-refractivity contribution in [3.63, 3.8) is 0 Å². The molecule has 0 aromatic heterocycles. The number of carboxylic acid groups (broad SMARTS) is 1. The van der Waals surface area contributed by atoms with Crippen LogP contribution in [0.3, 0.4) is 0 Å². The Morgan fingerprint density at radius 3 is 2.29 bits per heavy atom. The number of hydrogen-bond donors (Lipinski definition) is 1. The van der Waals surface area contributed by atoms with E-state index in [0.717, 1.165) is 6.42 Å². The number of nitrogens with zero attached hydrogens (tertiary/aromatic N) is 2. The molecule has 0 aromatic rings. The summed E-state index contributed by atoms with van der Waals surface area (Å²) in [5, 5.41) is 8.79. The van der Waals surface area contributed by atoms with Gasteiger partial charge in [-0.2, -0.15) is 0 Å². The second-order valence-corrected chi connectivity index (χ2v) is 7.96. The number of rotatable bonds is 4. The molecular weight excluding hydrogens is 296 g/mol. The van der Waals surface area contributed by atoms with Crippen molar-refractivity contribution in [3.05, 3.63) is 0 Å². The fourth-order valence-electron chi connectivity index (χ4n) is 3.14. The maximum Gasteiger partial charge on any atom is 0.303 e. The van der Waals surface area contributed by atoms with Gasteiger partial charge in [0.15, 0.2) is 0 Å².